The van der Waals surface area contributed by atoms with Gasteiger partial charge in [0.05, 0.1) is 0 Å². The summed E-state index contributed by atoms with van der Waals surface area (Å²) in [7, 11) is 0. The largest absolute Gasteiger partial charge is 0.0654 e. The van der Waals surface area contributed by atoms with Crippen LogP contribution in [0.5, 0.6) is 0 Å². The fourth-order valence-electron chi connectivity index (χ4n) is 2.78. The third-order valence-corrected chi connectivity index (χ3v) is 4.36. The molecule has 0 heterocycles. The molecule has 0 saturated heterocycles. The van der Waals surface area contributed by atoms with E-state index in [1.165, 1.54) is 54.4 Å². The van der Waals surface area contributed by atoms with E-state index in [0.717, 1.165) is 0 Å². The highest BCUT2D eigenvalue weighted by atomic mass is 14.2. The highest BCUT2D eigenvalue weighted by molar-refractivity contribution is 5.64. The van der Waals surface area contributed by atoms with Gasteiger partial charge in [-0.05, 0) is 40.5 Å². The Morgan fingerprint density at radius 1 is 0.682 bits per heavy atom. The average Bonchev–Trinajstić information content (AvgIpc) is 2.51. The lowest BCUT2D eigenvalue weighted by Gasteiger charge is -2.19. The summed E-state index contributed by atoms with van der Waals surface area (Å²) >= 11 is 0. The van der Waals surface area contributed by atoms with Crippen LogP contribution in [-0.4, -0.2) is 0 Å². The number of rotatable bonds is 6. The third-order valence-electron chi connectivity index (χ3n) is 4.36. The van der Waals surface area contributed by atoms with Gasteiger partial charge < -0.3 is 0 Å². The van der Waals surface area contributed by atoms with Crippen molar-refractivity contribution in [3.63, 3.8) is 0 Å². The van der Waals surface area contributed by atoms with Crippen molar-refractivity contribution in [2.45, 2.75) is 65.2 Å². The number of hydrogen-bond donors (Lipinski definition) is 0. The molecule has 2 aromatic carbocycles. The van der Waals surface area contributed by atoms with Gasteiger partial charge in [0.25, 0.3) is 0 Å². The molecule has 0 heteroatoms. The van der Waals surface area contributed by atoms with Crippen LogP contribution in [0.15, 0.2) is 48.5 Å². The first-order chi connectivity index (χ1) is 10.5. The van der Waals surface area contributed by atoms with Gasteiger partial charge in [0.2, 0.25) is 0 Å². The van der Waals surface area contributed by atoms with Crippen LogP contribution in [0.2, 0.25) is 0 Å². The van der Waals surface area contributed by atoms with E-state index in [1.54, 1.807) is 0 Å². The Morgan fingerprint density at radius 2 is 1.23 bits per heavy atom. The van der Waals surface area contributed by atoms with Gasteiger partial charge in [-0.1, -0.05) is 95.5 Å². The summed E-state index contributed by atoms with van der Waals surface area (Å²) in [5.74, 6) is 0. The van der Waals surface area contributed by atoms with E-state index < -0.39 is 0 Å². The molecule has 0 amide bonds. The molecular formula is C22H30. The quantitative estimate of drug-likeness (QED) is 0.515. The van der Waals surface area contributed by atoms with Crippen LogP contribution < -0.4 is 0 Å². The van der Waals surface area contributed by atoms with Crippen molar-refractivity contribution in [3.05, 3.63) is 59.7 Å². The Balaban J connectivity index is 2.01. The van der Waals surface area contributed by atoms with Gasteiger partial charge in [-0.3, -0.25) is 0 Å². The zero-order valence-electron chi connectivity index (χ0n) is 14.7. The van der Waals surface area contributed by atoms with Gasteiger partial charge in [-0.2, -0.15) is 0 Å². The molecule has 118 valence electrons. The lowest BCUT2D eigenvalue weighted by Crippen LogP contribution is -2.10. The van der Waals surface area contributed by atoms with Crippen LogP contribution in [0.25, 0.3) is 11.1 Å². The summed E-state index contributed by atoms with van der Waals surface area (Å²) < 4.78 is 0. The Labute approximate surface area is 136 Å². The van der Waals surface area contributed by atoms with Crippen molar-refractivity contribution < 1.29 is 0 Å². The maximum absolute atomic E-state index is 2.29. The molecule has 22 heavy (non-hydrogen) atoms. The molecule has 0 aliphatic rings. The highest BCUT2D eigenvalue weighted by Gasteiger charge is 2.12. The summed E-state index contributed by atoms with van der Waals surface area (Å²) in [6, 6.07) is 18.1. The van der Waals surface area contributed by atoms with E-state index in [4.69, 9.17) is 0 Å². The van der Waals surface area contributed by atoms with Gasteiger partial charge >= 0.3 is 0 Å². The SMILES string of the molecule is CCCCCCc1ccc(-c2ccc(C(C)(C)C)cc2)cc1. The standard InChI is InChI=1S/C22H30/c1-5-6-7-8-9-18-10-12-19(13-11-18)20-14-16-21(17-15-20)22(2,3)4/h10-17H,5-9H2,1-4H3. The Bertz CT molecular complexity index is 552. The second kappa shape index (κ2) is 7.63. The molecule has 0 N–H and O–H groups in total. The van der Waals surface area contributed by atoms with Crippen molar-refractivity contribution in [2.24, 2.45) is 0 Å². The van der Waals surface area contributed by atoms with E-state index >= 15 is 0 Å². The van der Waals surface area contributed by atoms with Crippen LogP contribution in [-0.2, 0) is 11.8 Å². The van der Waals surface area contributed by atoms with Gasteiger partial charge in [-0.15, -0.1) is 0 Å². The molecule has 0 nitrogen and oxygen atoms in total. The van der Waals surface area contributed by atoms with Crippen molar-refractivity contribution in [3.8, 4) is 11.1 Å². The van der Waals surface area contributed by atoms with Crippen molar-refractivity contribution in [1.29, 1.82) is 0 Å². The Morgan fingerprint density at radius 3 is 1.73 bits per heavy atom. The van der Waals surface area contributed by atoms with Crippen molar-refractivity contribution in [1.82, 2.24) is 0 Å². The number of aryl methyl sites for hydroxylation is 1. The first-order valence-electron chi connectivity index (χ1n) is 8.70. The third kappa shape index (κ3) is 4.73. The lowest BCUT2D eigenvalue weighted by atomic mass is 9.86. The second-order valence-electron chi connectivity index (χ2n) is 7.33. The van der Waals surface area contributed by atoms with Crippen LogP contribution in [0.1, 0.15) is 64.5 Å². The van der Waals surface area contributed by atoms with Gasteiger partial charge in [0, 0.05) is 0 Å². The molecule has 0 bridgehead atoms. The highest BCUT2D eigenvalue weighted by Crippen LogP contribution is 2.26. The summed E-state index contributed by atoms with van der Waals surface area (Å²) in [4.78, 5) is 0. The minimum atomic E-state index is 0.223. The monoisotopic (exact) mass is 294 g/mol. The molecule has 0 radical (unpaired) electrons. The number of benzene rings is 2. The fraction of sp³-hybridized carbons (Fsp3) is 0.455. The zero-order chi connectivity index (χ0) is 16.0. The lowest BCUT2D eigenvalue weighted by molar-refractivity contribution is 0.590. The second-order valence-corrected chi connectivity index (χ2v) is 7.33. The van der Waals surface area contributed by atoms with Crippen LogP contribution in [0.3, 0.4) is 0 Å². The topological polar surface area (TPSA) is 0 Å². The predicted molar refractivity (Wildman–Crippen MR) is 98.4 cm³/mol. The summed E-state index contributed by atoms with van der Waals surface area (Å²) in [5.41, 5.74) is 5.71. The molecule has 0 aliphatic carbocycles. The molecular weight excluding hydrogens is 264 g/mol. The van der Waals surface area contributed by atoms with E-state index in [-0.39, 0.29) is 5.41 Å². The summed E-state index contributed by atoms with van der Waals surface area (Å²) in [6.07, 6.45) is 6.55. The van der Waals surface area contributed by atoms with Crippen LogP contribution in [0, 0.1) is 0 Å². The average molecular weight is 294 g/mol. The van der Waals surface area contributed by atoms with Crippen molar-refractivity contribution in [2.75, 3.05) is 0 Å². The van der Waals surface area contributed by atoms with Gasteiger partial charge in [0.1, 0.15) is 0 Å². The first kappa shape index (κ1) is 16.8. The Kier molecular flexibility index (Phi) is 5.83. The van der Waals surface area contributed by atoms with Crippen molar-refractivity contribution >= 4 is 0 Å². The first-order valence-corrected chi connectivity index (χ1v) is 8.70. The fourth-order valence-corrected chi connectivity index (χ4v) is 2.78. The van der Waals surface area contributed by atoms with E-state index in [9.17, 15) is 0 Å². The molecule has 0 atom stereocenters. The Hall–Kier alpha value is -1.56. The molecule has 0 aliphatic heterocycles. The van der Waals surface area contributed by atoms with Gasteiger partial charge in [-0.25, -0.2) is 0 Å². The van der Waals surface area contributed by atoms with E-state index in [2.05, 4.69) is 76.2 Å². The molecule has 0 fully saturated rings. The molecule has 2 aromatic rings. The smallest absolute Gasteiger partial charge is 0.0132 e. The van der Waals surface area contributed by atoms with Gasteiger partial charge in [0.15, 0.2) is 0 Å². The number of unbranched alkanes of at least 4 members (excludes halogenated alkanes) is 3. The predicted octanol–water partition coefficient (Wildman–Crippen LogP) is 6.77. The summed E-state index contributed by atoms with van der Waals surface area (Å²) in [6.45, 7) is 9.04. The molecule has 0 aromatic heterocycles. The minimum absolute atomic E-state index is 0.223. The van der Waals surface area contributed by atoms with Crippen LogP contribution in [0.4, 0.5) is 0 Å². The molecule has 2 rings (SSSR count). The van der Waals surface area contributed by atoms with E-state index in [0.29, 0.717) is 0 Å². The normalized spacial score (nSPS) is 11.6. The minimum Gasteiger partial charge on any atom is -0.0654 e. The molecule has 0 spiro atoms. The molecule has 0 saturated carbocycles. The van der Waals surface area contributed by atoms with Crippen LogP contribution >= 0.6 is 0 Å². The maximum Gasteiger partial charge on any atom is -0.0132 e. The van der Waals surface area contributed by atoms with E-state index in [1.807, 2.05) is 0 Å². The maximum atomic E-state index is 2.29. The molecule has 0 unspecified atom stereocenters. The zero-order valence-corrected chi connectivity index (χ0v) is 14.7. The summed E-state index contributed by atoms with van der Waals surface area (Å²) in [5, 5.41) is 0. The number of hydrogen-bond acceptors (Lipinski definition) is 0.